The van der Waals surface area contributed by atoms with Gasteiger partial charge in [-0.1, -0.05) is 36.8 Å². The number of pyridine rings is 1. The predicted octanol–water partition coefficient (Wildman–Crippen LogP) is 5.24. The van der Waals surface area contributed by atoms with Gasteiger partial charge in [0.05, 0.1) is 18.6 Å². The molecule has 3 aliphatic rings. The van der Waals surface area contributed by atoms with Gasteiger partial charge in [0.2, 0.25) is 6.79 Å². The smallest absolute Gasteiger partial charge is 0.231 e. The van der Waals surface area contributed by atoms with Crippen molar-refractivity contribution in [3.05, 3.63) is 83.2 Å². The van der Waals surface area contributed by atoms with Crippen LogP contribution in [0.3, 0.4) is 0 Å². The molecule has 1 aromatic heterocycles. The Kier molecular flexibility index (Phi) is 6.13. The first-order chi connectivity index (χ1) is 17.7. The maximum atomic E-state index is 13.4. The van der Waals surface area contributed by atoms with Crippen LogP contribution >= 0.6 is 0 Å². The fourth-order valence-corrected chi connectivity index (χ4v) is 5.74. The van der Waals surface area contributed by atoms with Crippen LogP contribution in [-0.2, 0) is 16.6 Å². The second-order valence-electron chi connectivity index (χ2n) is 10.1. The minimum Gasteiger partial charge on any atom is -0.496 e. The quantitative estimate of drug-likeness (QED) is 0.436. The first-order valence-electron chi connectivity index (χ1n) is 12.9. The standard InChI is InChI=1S/C30H32N2O4/c1-34-25-8-4-3-7-24(25)29(32-15-5-2-6-16-32)21-9-11-23(31-19-21)18-28(33)30(13-14-30)22-10-12-26-27(17-22)36-20-35-26/h3-4,7-12,17,19,29H,2,5-6,13-16,18,20H2,1H3. The van der Waals surface area contributed by atoms with Gasteiger partial charge in [-0.3, -0.25) is 14.7 Å². The Balaban J connectivity index is 1.23. The van der Waals surface area contributed by atoms with E-state index in [-0.39, 0.29) is 18.6 Å². The van der Waals surface area contributed by atoms with Crippen molar-refractivity contribution < 1.29 is 19.0 Å². The van der Waals surface area contributed by atoms with Crippen molar-refractivity contribution in [3.63, 3.8) is 0 Å². The Morgan fingerprint density at radius 3 is 2.58 bits per heavy atom. The van der Waals surface area contributed by atoms with Gasteiger partial charge in [-0.25, -0.2) is 0 Å². The lowest BCUT2D eigenvalue weighted by Gasteiger charge is -2.35. The minimum atomic E-state index is -0.422. The maximum absolute atomic E-state index is 13.4. The van der Waals surface area contributed by atoms with Gasteiger partial charge in [0.15, 0.2) is 11.5 Å². The second kappa shape index (κ2) is 9.58. The molecule has 1 saturated carbocycles. The molecular formula is C30H32N2O4. The summed E-state index contributed by atoms with van der Waals surface area (Å²) in [5.74, 6) is 2.59. The average Bonchev–Trinajstić information content (AvgIpc) is 3.61. The number of methoxy groups -OCH3 is 1. The van der Waals surface area contributed by atoms with E-state index >= 15 is 0 Å². The van der Waals surface area contributed by atoms with Gasteiger partial charge in [0.25, 0.3) is 0 Å². The number of ether oxygens (including phenoxy) is 3. The van der Waals surface area contributed by atoms with Crippen LogP contribution in [0.5, 0.6) is 17.2 Å². The van der Waals surface area contributed by atoms with Crippen LogP contribution in [-0.4, -0.2) is 42.7 Å². The van der Waals surface area contributed by atoms with Crippen molar-refractivity contribution in [2.45, 2.75) is 50.0 Å². The third-order valence-electron chi connectivity index (χ3n) is 7.90. The van der Waals surface area contributed by atoms with E-state index in [1.165, 1.54) is 19.3 Å². The van der Waals surface area contributed by atoms with Crippen LogP contribution in [0.4, 0.5) is 0 Å². The molecule has 2 fully saturated rings. The predicted molar refractivity (Wildman–Crippen MR) is 137 cm³/mol. The number of hydrogen-bond donors (Lipinski definition) is 0. The molecule has 1 unspecified atom stereocenters. The van der Waals surface area contributed by atoms with Gasteiger partial charge in [-0.05, 0) is 74.2 Å². The molecule has 2 aliphatic heterocycles. The number of para-hydroxylation sites is 1. The van der Waals surface area contributed by atoms with Gasteiger partial charge in [-0.2, -0.15) is 0 Å². The Bertz CT molecular complexity index is 1250. The number of Topliss-reactive ketones (excluding diaryl/α,β-unsaturated/α-hetero) is 1. The van der Waals surface area contributed by atoms with Crippen LogP contribution in [0.1, 0.15) is 60.5 Å². The molecule has 6 rings (SSSR count). The number of fused-ring (bicyclic) bond motifs is 1. The molecule has 2 aromatic carbocycles. The molecule has 1 aliphatic carbocycles. The maximum Gasteiger partial charge on any atom is 0.231 e. The molecule has 0 radical (unpaired) electrons. The molecule has 3 aromatic rings. The Hall–Kier alpha value is -3.38. The number of likely N-dealkylation sites (tertiary alicyclic amines) is 1. The van der Waals surface area contributed by atoms with Crippen molar-refractivity contribution >= 4 is 5.78 Å². The molecular weight excluding hydrogens is 452 g/mol. The van der Waals surface area contributed by atoms with Crippen molar-refractivity contribution in [1.82, 2.24) is 9.88 Å². The molecule has 1 atom stereocenters. The van der Waals surface area contributed by atoms with Crippen molar-refractivity contribution in [3.8, 4) is 17.2 Å². The first-order valence-corrected chi connectivity index (χ1v) is 12.9. The van der Waals surface area contributed by atoms with Gasteiger partial charge >= 0.3 is 0 Å². The van der Waals surface area contributed by atoms with E-state index in [9.17, 15) is 4.79 Å². The minimum absolute atomic E-state index is 0.0853. The number of piperidine rings is 1. The summed E-state index contributed by atoms with van der Waals surface area (Å²) in [5.41, 5.74) is 3.71. The zero-order valence-electron chi connectivity index (χ0n) is 20.7. The highest BCUT2D eigenvalue weighted by molar-refractivity contribution is 5.94. The van der Waals surface area contributed by atoms with Crippen LogP contribution in [0.15, 0.2) is 60.8 Å². The summed E-state index contributed by atoms with van der Waals surface area (Å²) >= 11 is 0. The highest BCUT2D eigenvalue weighted by Crippen LogP contribution is 2.51. The lowest BCUT2D eigenvalue weighted by atomic mass is 9.88. The Morgan fingerprint density at radius 2 is 1.83 bits per heavy atom. The summed E-state index contributed by atoms with van der Waals surface area (Å²) in [4.78, 5) is 20.7. The number of benzene rings is 2. The number of carbonyl (C=O) groups is 1. The highest BCUT2D eigenvalue weighted by atomic mass is 16.7. The molecule has 6 nitrogen and oxygen atoms in total. The lowest BCUT2D eigenvalue weighted by molar-refractivity contribution is -0.120. The summed E-state index contributed by atoms with van der Waals surface area (Å²) in [6.07, 6.45) is 7.70. The monoisotopic (exact) mass is 484 g/mol. The average molecular weight is 485 g/mol. The van der Waals surface area contributed by atoms with E-state index < -0.39 is 5.41 Å². The van der Waals surface area contributed by atoms with Crippen LogP contribution in [0.2, 0.25) is 0 Å². The van der Waals surface area contributed by atoms with Crippen molar-refractivity contribution in [2.75, 3.05) is 27.0 Å². The fraction of sp³-hybridized carbons (Fsp3) is 0.400. The van der Waals surface area contributed by atoms with Gasteiger partial charge < -0.3 is 14.2 Å². The normalized spacial score (nSPS) is 19.0. The van der Waals surface area contributed by atoms with E-state index in [1.807, 2.05) is 42.6 Å². The fourth-order valence-electron chi connectivity index (χ4n) is 5.74. The second-order valence-corrected chi connectivity index (χ2v) is 10.1. The summed E-state index contributed by atoms with van der Waals surface area (Å²) in [5, 5.41) is 0. The van der Waals surface area contributed by atoms with E-state index in [0.29, 0.717) is 6.42 Å². The molecule has 186 valence electrons. The Morgan fingerprint density at radius 1 is 1.03 bits per heavy atom. The number of ketones is 1. The van der Waals surface area contributed by atoms with Crippen molar-refractivity contribution in [1.29, 1.82) is 0 Å². The molecule has 1 saturated heterocycles. The van der Waals surface area contributed by atoms with E-state index in [0.717, 1.165) is 65.6 Å². The molecule has 0 N–H and O–H groups in total. The summed E-state index contributed by atoms with van der Waals surface area (Å²) < 4.78 is 16.7. The lowest BCUT2D eigenvalue weighted by Crippen LogP contribution is -2.34. The zero-order valence-corrected chi connectivity index (χ0v) is 20.7. The Labute approximate surface area is 212 Å². The summed E-state index contributed by atoms with van der Waals surface area (Å²) in [6, 6.07) is 18.4. The zero-order chi connectivity index (χ0) is 24.5. The first kappa shape index (κ1) is 23.0. The number of rotatable bonds is 8. The van der Waals surface area contributed by atoms with Gasteiger partial charge in [0, 0.05) is 23.9 Å². The summed E-state index contributed by atoms with van der Waals surface area (Å²) in [6.45, 7) is 2.35. The number of carbonyl (C=O) groups excluding carboxylic acids is 1. The molecule has 0 amide bonds. The topological polar surface area (TPSA) is 60.9 Å². The van der Waals surface area contributed by atoms with Gasteiger partial charge in [-0.15, -0.1) is 0 Å². The SMILES string of the molecule is COc1ccccc1C(c1ccc(CC(=O)C2(c3ccc4c(c3)OCO4)CC2)nc1)N1CCCCC1. The molecule has 6 heteroatoms. The molecule has 0 bridgehead atoms. The third kappa shape index (κ3) is 4.24. The van der Waals surface area contributed by atoms with Crippen LogP contribution in [0.25, 0.3) is 0 Å². The highest BCUT2D eigenvalue weighted by Gasteiger charge is 2.51. The van der Waals surface area contributed by atoms with E-state index in [1.54, 1.807) is 7.11 Å². The largest absolute Gasteiger partial charge is 0.496 e. The van der Waals surface area contributed by atoms with E-state index in [2.05, 4.69) is 23.1 Å². The molecule has 36 heavy (non-hydrogen) atoms. The number of hydrogen-bond acceptors (Lipinski definition) is 6. The third-order valence-corrected chi connectivity index (χ3v) is 7.90. The number of nitrogens with zero attached hydrogens (tertiary/aromatic N) is 2. The van der Waals surface area contributed by atoms with Crippen LogP contribution in [0, 0.1) is 0 Å². The number of aromatic nitrogens is 1. The molecule has 0 spiro atoms. The molecule has 3 heterocycles. The van der Waals surface area contributed by atoms with E-state index in [4.69, 9.17) is 19.2 Å². The summed E-state index contributed by atoms with van der Waals surface area (Å²) in [7, 11) is 1.73. The van der Waals surface area contributed by atoms with Crippen molar-refractivity contribution in [2.24, 2.45) is 0 Å². The van der Waals surface area contributed by atoms with Gasteiger partial charge in [0.1, 0.15) is 11.5 Å². The van der Waals surface area contributed by atoms with Crippen LogP contribution < -0.4 is 14.2 Å².